The number of hydrogen-bond acceptors (Lipinski definition) is 3. The zero-order chi connectivity index (χ0) is 5.98. The molecule has 3 nitrogen and oxygen atoms in total. The maximum atomic E-state index is 8.49. The van der Waals surface area contributed by atoms with Gasteiger partial charge in [-0.1, -0.05) is 0 Å². The van der Waals surface area contributed by atoms with E-state index in [0.717, 1.165) is 12.4 Å². The molecule has 0 bridgehead atoms. The molecule has 9 heavy (non-hydrogen) atoms. The summed E-state index contributed by atoms with van der Waals surface area (Å²) >= 11 is 0. The zero-order valence-electron chi connectivity index (χ0n) is 5.29. The number of nitrogens with one attached hydrogen (secondary N) is 1. The molecule has 0 amide bonds. The van der Waals surface area contributed by atoms with Crippen molar-refractivity contribution in [3.05, 3.63) is 0 Å². The molecular formula is C5H11ClN2O. The van der Waals surface area contributed by atoms with Gasteiger partial charge in [-0.3, -0.25) is 4.99 Å². The SMILES string of the molecule is CC1CN=C(CO)N1.Cl. The first kappa shape index (κ1) is 8.72. The molecule has 4 heteroatoms. The van der Waals surface area contributed by atoms with Crippen molar-refractivity contribution in [2.45, 2.75) is 13.0 Å². The average molecular weight is 151 g/mol. The molecule has 1 unspecified atom stereocenters. The summed E-state index contributed by atoms with van der Waals surface area (Å²) in [7, 11) is 0. The molecule has 1 aliphatic heterocycles. The number of nitrogens with zero attached hydrogens (tertiary/aromatic N) is 1. The highest BCUT2D eigenvalue weighted by Gasteiger charge is 2.09. The van der Waals surface area contributed by atoms with Crippen molar-refractivity contribution in [1.82, 2.24) is 5.32 Å². The van der Waals surface area contributed by atoms with Crippen molar-refractivity contribution in [1.29, 1.82) is 0 Å². The van der Waals surface area contributed by atoms with E-state index in [9.17, 15) is 0 Å². The Morgan fingerprint density at radius 1 is 1.89 bits per heavy atom. The molecule has 0 saturated heterocycles. The number of aliphatic imine (C=N–C) groups is 1. The third-order valence-corrected chi connectivity index (χ3v) is 1.12. The molecule has 0 aliphatic carbocycles. The fraction of sp³-hybridized carbons (Fsp3) is 0.800. The van der Waals surface area contributed by atoms with Gasteiger partial charge < -0.3 is 10.4 Å². The van der Waals surface area contributed by atoms with E-state index >= 15 is 0 Å². The fourth-order valence-corrected chi connectivity index (χ4v) is 0.718. The number of hydrogen-bond donors (Lipinski definition) is 2. The highest BCUT2D eigenvalue weighted by atomic mass is 35.5. The molecule has 0 saturated carbocycles. The van der Waals surface area contributed by atoms with Crippen LogP contribution in [-0.4, -0.2) is 30.1 Å². The van der Waals surface area contributed by atoms with Gasteiger partial charge in [0.15, 0.2) is 0 Å². The van der Waals surface area contributed by atoms with Crippen LogP contribution in [0.5, 0.6) is 0 Å². The summed E-state index contributed by atoms with van der Waals surface area (Å²) in [4.78, 5) is 3.99. The Hall–Kier alpha value is -0.280. The standard InChI is InChI=1S/C5H10N2O.ClH/c1-4-2-6-5(3-8)7-4;/h4,8H,2-3H2,1H3,(H,6,7);1H. The second-order valence-electron chi connectivity index (χ2n) is 1.99. The van der Waals surface area contributed by atoms with E-state index < -0.39 is 0 Å². The van der Waals surface area contributed by atoms with Crippen molar-refractivity contribution in [3.63, 3.8) is 0 Å². The van der Waals surface area contributed by atoms with Gasteiger partial charge >= 0.3 is 0 Å². The number of amidine groups is 1. The van der Waals surface area contributed by atoms with Crippen molar-refractivity contribution >= 4 is 18.2 Å². The van der Waals surface area contributed by atoms with Crippen LogP contribution in [-0.2, 0) is 0 Å². The second kappa shape index (κ2) is 3.69. The van der Waals surface area contributed by atoms with Gasteiger partial charge in [-0.2, -0.15) is 0 Å². The smallest absolute Gasteiger partial charge is 0.123 e. The molecule has 0 radical (unpaired) electrons. The van der Waals surface area contributed by atoms with Gasteiger partial charge in [0.2, 0.25) is 0 Å². The third-order valence-electron chi connectivity index (χ3n) is 1.12. The van der Waals surface area contributed by atoms with E-state index in [2.05, 4.69) is 10.3 Å². The van der Waals surface area contributed by atoms with Crippen molar-refractivity contribution < 1.29 is 5.11 Å². The lowest BCUT2D eigenvalue weighted by atomic mass is 10.4. The minimum atomic E-state index is 0. The van der Waals surface area contributed by atoms with Crippen molar-refractivity contribution in [2.75, 3.05) is 13.2 Å². The van der Waals surface area contributed by atoms with Crippen LogP contribution in [0.25, 0.3) is 0 Å². The Balaban J connectivity index is 0.000000640. The van der Waals surface area contributed by atoms with Crippen molar-refractivity contribution in [3.8, 4) is 0 Å². The Bertz CT molecular complexity index is 116. The lowest BCUT2D eigenvalue weighted by Crippen LogP contribution is -2.29. The van der Waals surface area contributed by atoms with Crippen LogP contribution < -0.4 is 5.32 Å². The molecule has 0 aromatic heterocycles. The molecule has 0 fully saturated rings. The van der Waals surface area contributed by atoms with E-state index in [-0.39, 0.29) is 19.0 Å². The molecular weight excluding hydrogens is 140 g/mol. The normalized spacial score (nSPS) is 24.2. The van der Waals surface area contributed by atoms with E-state index in [0.29, 0.717) is 6.04 Å². The number of rotatable bonds is 1. The quantitative estimate of drug-likeness (QED) is 0.544. The first-order chi connectivity index (χ1) is 3.83. The summed E-state index contributed by atoms with van der Waals surface area (Å²) in [6.07, 6.45) is 0. The number of aliphatic hydroxyl groups excluding tert-OH is 1. The Kier molecular flexibility index (Phi) is 3.58. The minimum Gasteiger partial charge on any atom is -0.388 e. The Morgan fingerprint density at radius 2 is 2.56 bits per heavy atom. The first-order valence-electron chi connectivity index (χ1n) is 2.73. The Morgan fingerprint density at radius 3 is 2.78 bits per heavy atom. The third kappa shape index (κ3) is 2.20. The van der Waals surface area contributed by atoms with Gasteiger partial charge in [-0.15, -0.1) is 12.4 Å². The first-order valence-corrected chi connectivity index (χ1v) is 2.73. The minimum absolute atomic E-state index is 0. The predicted octanol–water partition coefficient (Wildman–Crippen LogP) is -0.209. The maximum Gasteiger partial charge on any atom is 0.123 e. The Labute approximate surface area is 60.6 Å². The van der Waals surface area contributed by atoms with E-state index in [4.69, 9.17) is 5.11 Å². The van der Waals surface area contributed by atoms with Gasteiger partial charge in [0.25, 0.3) is 0 Å². The summed E-state index contributed by atoms with van der Waals surface area (Å²) in [6, 6.07) is 0.414. The average Bonchev–Trinajstić information content (AvgIpc) is 2.14. The van der Waals surface area contributed by atoms with E-state index in [1.807, 2.05) is 6.92 Å². The molecule has 1 aliphatic rings. The molecule has 2 N–H and O–H groups in total. The van der Waals surface area contributed by atoms with Gasteiger partial charge in [-0.25, -0.2) is 0 Å². The summed E-state index contributed by atoms with van der Waals surface area (Å²) in [5.74, 6) is 0.720. The monoisotopic (exact) mass is 150 g/mol. The molecule has 0 aromatic carbocycles. The lowest BCUT2D eigenvalue weighted by Gasteiger charge is -2.00. The number of aliphatic hydroxyl groups is 1. The highest BCUT2D eigenvalue weighted by molar-refractivity contribution is 5.85. The van der Waals surface area contributed by atoms with Crippen LogP contribution in [0.15, 0.2) is 4.99 Å². The van der Waals surface area contributed by atoms with Gasteiger partial charge in [0.05, 0.1) is 6.54 Å². The summed E-state index contributed by atoms with van der Waals surface area (Å²) in [6.45, 7) is 2.88. The van der Waals surface area contributed by atoms with Crippen LogP contribution in [0.2, 0.25) is 0 Å². The lowest BCUT2D eigenvalue weighted by molar-refractivity contribution is 0.353. The number of halogens is 1. The van der Waals surface area contributed by atoms with Gasteiger partial charge in [-0.05, 0) is 6.92 Å². The topological polar surface area (TPSA) is 44.6 Å². The summed E-state index contributed by atoms with van der Waals surface area (Å²) in [5.41, 5.74) is 0. The van der Waals surface area contributed by atoms with E-state index in [1.165, 1.54) is 0 Å². The predicted molar refractivity (Wildman–Crippen MR) is 39.2 cm³/mol. The van der Waals surface area contributed by atoms with Gasteiger partial charge in [0, 0.05) is 6.04 Å². The second-order valence-corrected chi connectivity index (χ2v) is 1.99. The molecule has 0 aromatic rings. The maximum absolute atomic E-state index is 8.49. The molecule has 1 atom stereocenters. The molecule has 54 valence electrons. The van der Waals surface area contributed by atoms with Crippen LogP contribution in [0.1, 0.15) is 6.92 Å². The van der Waals surface area contributed by atoms with Crippen LogP contribution in [0.3, 0.4) is 0 Å². The van der Waals surface area contributed by atoms with Gasteiger partial charge in [0.1, 0.15) is 12.4 Å². The summed E-state index contributed by atoms with van der Waals surface area (Å²) in [5, 5.41) is 11.5. The van der Waals surface area contributed by atoms with E-state index in [1.54, 1.807) is 0 Å². The molecule has 1 heterocycles. The molecule has 1 rings (SSSR count). The summed E-state index contributed by atoms with van der Waals surface area (Å²) < 4.78 is 0. The van der Waals surface area contributed by atoms with Crippen LogP contribution >= 0.6 is 12.4 Å². The molecule has 0 spiro atoms. The fourth-order valence-electron chi connectivity index (χ4n) is 0.718. The largest absolute Gasteiger partial charge is 0.388 e. The highest BCUT2D eigenvalue weighted by Crippen LogP contribution is 1.92. The van der Waals surface area contributed by atoms with Crippen LogP contribution in [0.4, 0.5) is 0 Å². The van der Waals surface area contributed by atoms with Crippen molar-refractivity contribution in [2.24, 2.45) is 4.99 Å². The van der Waals surface area contributed by atoms with Crippen LogP contribution in [0, 0.1) is 0 Å². The zero-order valence-corrected chi connectivity index (χ0v) is 6.11.